The van der Waals surface area contributed by atoms with Crippen molar-refractivity contribution in [3.8, 4) is 34.0 Å². The van der Waals surface area contributed by atoms with Gasteiger partial charge in [-0.15, -0.1) is 0 Å². The van der Waals surface area contributed by atoms with Crippen molar-refractivity contribution in [3.63, 3.8) is 0 Å². The predicted octanol–water partition coefficient (Wildman–Crippen LogP) is 6.20. The summed E-state index contributed by atoms with van der Waals surface area (Å²) in [5.41, 5.74) is 4.74. The molecule has 11 heteroatoms. The number of nitrogens with one attached hydrogen (secondary N) is 3. The third-order valence-corrected chi connectivity index (χ3v) is 6.63. The molecule has 0 saturated carbocycles. The average Bonchev–Trinajstić information content (AvgIpc) is 3.62. The molecule has 1 amide bonds. The number of anilines is 1. The van der Waals surface area contributed by atoms with Crippen molar-refractivity contribution < 1.29 is 9.18 Å². The molecule has 6 heterocycles. The molecular weight excluding hydrogens is 503 g/mol. The Morgan fingerprint density at radius 3 is 2.71 bits per heavy atom. The first-order chi connectivity index (χ1) is 18.3. The lowest BCUT2D eigenvalue weighted by Crippen LogP contribution is -2.19. The number of aromatic amines is 2. The summed E-state index contributed by atoms with van der Waals surface area (Å²) in [5.74, 6) is -0.297. The highest BCUT2D eigenvalue weighted by Gasteiger charge is 2.22. The summed E-state index contributed by atoms with van der Waals surface area (Å²) in [4.78, 5) is 33.4. The van der Waals surface area contributed by atoms with E-state index in [0.717, 1.165) is 16.8 Å². The Labute approximate surface area is 220 Å². The predicted molar refractivity (Wildman–Crippen MR) is 146 cm³/mol. The molecule has 0 spiro atoms. The van der Waals surface area contributed by atoms with Crippen LogP contribution in [0.4, 0.5) is 10.1 Å². The van der Waals surface area contributed by atoms with Gasteiger partial charge in [-0.05, 0) is 29.0 Å². The number of carbonyl (C=O) groups is 1. The quantitative estimate of drug-likeness (QED) is 0.246. The summed E-state index contributed by atoms with van der Waals surface area (Å²) in [6.07, 6.45) is 6.61. The van der Waals surface area contributed by atoms with Crippen LogP contribution in [0, 0.1) is 11.2 Å². The Hall–Kier alpha value is -4.51. The van der Waals surface area contributed by atoms with Gasteiger partial charge in [-0.25, -0.2) is 9.37 Å². The van der Waals surface area contributed by atoms with Crippen LogP contribution in [0.1, 0.15) is 27.2 Å². The molecule has 0 aliphatic rings. The SMILES string of the molecule is CC(C)(C)CC(=O)Nc1cncc(-c2ncc3[nH]nc(-c4nc5c(-c6ccsc6)nccc5[nH]4)c3c2F)c1. The number of amides is 1. The van der Waals surface area contributed by atoms with E-state index < -0.39 is 5.82 Å². The minimum Gasteiger partial charge on any atom is -0.336 e. The summed E-state index contributed by atoms with van der Waals surface area (Å²) in [6.45, 7) is 5.96. The van der Waals surface area contributed by atoms with Crippen LogP contribution >= 0.6 is 11.3 Å². The molecule has 0 bridgehead atoms. The summed E-state index contributed by atoms with van der Waals surface area (Å²) < 4.78 is 16.0. The Kier molecular flexibility index (Phi) is 5.72. The van der Waals surface area contributed by atoms with Gasteiger partial charge in [-0.1, -0.05) is 20.8 Å². The molecule has 6 aromatic heterocycles. The number of hydrogen-bond donors (Lipinski definition) is 3. The number of carbonyl (C=O) groups excluding carboxylic acids is 1. The first-order valence-electron chi connectivity index (χ1n) is 11.9. The number of rotatable bonds is 5. The maximum absolute atomic E-state index is 16.0. The van der Waals surface area contributed by atoms with Gasteiger partial charge >= 0.3 is 0 Å². The number of fused-ring (bicyclic) bond motifs is 2. The molecule has 0 atom stereocenters. The molecule has 190 valence electrons. The van der Waals surface area contributed by atoms with Crippen molar-refractivity contribution in [2.75, 3.05) is 5.32 Å². The number of pyridine rings is 3. The van der Waals surface area contributed by atoms with Gasteiger partial charge < -0.3 is 10.3 Å². The Balaban J connectivity index is 1.40. The molecule has 0 radical (unpaired) electrons. The fraction of sp³-hybridized carbons (Fsp3) is 0.185. The number of aromatic nitrogens is 7. The zero-order valence-electron chi connectivity index (χ0n) is 20.8. The van der Waals surface area contributed by atoms with Crippen molar-refractivity contribution in [1.29, 1.82) is 0 Å². The van der Waals surface area contributed by atoms with Gasteiger partial charge in [0, 0.05) is 35.3 Å². The number of hydrogen-bond acceptors (Lipinski definition) is 7. The van der Waals surface area contributed by atoms with Gasteiger partial charge in [-0.3, -0.25) is 24.8 Å². The maximum atomic E-state index is 16.0. The van der Waals surface area contributed by atoms with Crippen LogP contribution in [0.3, 0.4) is 0 Å². The molecule has 0 saturated heterocycles. The van der Waals surface area contributed by atoms with Crippen LogP contribution in [0.15, 0.2) is 53.7 Å². The third-order valence-electron chi connectivity index (χ3n) is 5.95. The average molecular weight is 527 g/mol. The lowest BCUT2D eigenvalue weighted by Gasteiger charge is -2.17. The molecule has 3 N–H and O–H groups in total. The Morgan fingerprint density at radius 2 is 1.92 bits per heavy atom. The summed E-state index contributed by atoms with van der Waals surface area (Å²) in [6, 6.07) is 5.46. The maximum Gasteiger partial charge on any atom is 0.224 e. The van der Waals surface area contributed by atoms with Gasteiger partial charge in [-0.2, -0.15) is 16.4 Å². The van der Waals surface area contributed by atoms with Gasteiger partial charge in [0.25, 0.3) is 0 Å². The Bertz CT molecular complexity index is 1800. The van der Waals surface area contributed by atoms with Gasteiger partial charge in [0.1, 0.15) is 16.9 Å². The Morgan fingerprint density at radius 1 is 1.05 bits per heavy atom. The number of H-pyrrole nitrogens is 2. The van der Waals surface area contributed by atoms with Crippen LogP contribution < -0.4 is 5.32 Å². The van der Waals surface area contributed by atoms with E-state index >= 15 is 4.39 Å². The van der Waals surface area contributed by atoms with Crippen LogP contribution in [-0.2, 0) is 4.79 Å². The van der Waals surface area contributed by atoms with Gasteiger partial charge in [0.05, 0.1) is 40.2 Å². The van der Waals surface area contributed by atoms with Gasteiger partial charge in [0.15, 0.2) is 11.6 Å². The second-order valence-corrected chi connectivity index (χ2v) is 11.0. The fourth-order valence-electron chi connectivity index (χ4n) is 4.33. The molecule has 9 nitrogen and oxygen atoms in total. The smallest absolute Gasteiger partial charge is 0.224 e. The van der Waals surface area contributed by atoms with Crippen molar-refractivity contribution in [1.82, 2.24) is 35.1 Å². The fourth-order valence-corrected chi connectivity index (χ4v) is 4.97. The molecular formula is C27H23FN8OS. The molecule has 6 rings (SSSR count). The minimum atomic E-state index is -0.567. The zero-order chi connectivity index (χ0) is 26.4. The molecule has 6 aromatic rings. The van der Waals surface area contributed by atoms with Crippen LogP contribution in [-0.4, -0.2) is 41.0 Å². The van der Waals surface area contributed by atoms with Crippen LogP contribution in [0.25, 0.3) is 56.0 Å². The summed E-state index contributed by atoms with van der Waals surface area (Å²) in [5, 5.41) is 14.3. The van der Waals surface area contributed by atoms with Crippen molar-refractivity contribution >= 4 is 44.9 Å². The number of thiophene rings is 1. The van der Waals surface area contributed by atoms with E-state index in [0.29, 0.717) is 40.2 Å². The third kappa shape index (κ3) is 4.41. The van der Waals surface area contributed by atoms with Crippen molar-refractivity contribution in [2.24, 2.45) is 5.41 Å². The lowest BCUT2D eigenvalue weighted by molar-refractivity contribution is -0.117. The molecule has 0 aromatic carbocycles. The highest BCUT2D eigenvalue weighted by molar-refractivity contribution is 7.08. The van der Waals surface area contributed by atoms with E-state index in [4.69, 9.17) is 4.98 Å². The topological polar surface area (TPSA) is 125 Å². The first kappa shape index (κ1) is 23.9. The van der Waals surface area contributed by atoms with E-state index in [2.05, 4.69) is 35.5 Å². The number of nitrogens with zero attached hydrogens (tertiary/aromatic N) is 5. The van der Waals surface area contributed by atoms with E-state index in [1.165, 1.54) is 18.6 Å². The lowest BCUT2D eigenvalue weighted by atomic mass is 9.92. The second kappa shape index (κ2) is 9.10. The summed E-state index contributed by atoms with van der Waals surface area (Å²) in [7, 11) is 0. The van der Waals surface area contributed by atoms with E-state index in [1.807, 2.05) is 43.7 Å². The molecule has 0 aliphatic carbocycles. The van der Waals surface area contributed by atoms with Crippen LogP contribution in [0.2, 0.25) is 0 Å². The molecule has 0 aliphatic heterocycles. The van der Waals surface area contributed by atoms with Crippen LogP contribution in [0.5, 0.6) is 0 Å². The first-order valence-corrected chi connectivity index (χ1v) is 12.9. The second-order valence-electron chi connectivity index (χ2n) is 10.2. The highest BCUT2D eigenvalue weighted by atomic mass is 32.1. The summed E-state index contributed by atoms with van der Waals surface area (Å²) >= 11 is 1.58. The monoisotopic (exact) mass is 526 g/mol. The molecule has 0 fully saturated rings. The minimum absolute atomic E-state index is 0.0938. The van der Waals surface area contributed by atoms with E-state index in [9.17, 15) is 4.79 Å². The normalized spacial score (nSPS) is 11.9. The molecule has 38 heavy (non-hydrogen) atoms. The van der Waals surface area contributed by atoms with Gasteiger partial charge in [0.2, 0.25) is 5.91 Å². The highest BCUT2D eigenvalue weighted by Crippen LogP contribution is 2.34. The molecule has 0 unspecified atom stereocenters. The van der Waals surface area contributed by atoms with E-state index in [1.54, 1.807) is 23.6 Å². The zero-order valence-corrected chi connectivity index (χ0v) is 21.7. The standard InChI is InChI=1S/C27H23FN8OS/c1-27(2,3)9-19(37)32-16-8-15(10-29-11-16)22-21(28)20-18(12-31-22)35-36-25(20)26-33-17-4-6-30-23(24(17)34-26)14-5-7-38-13-14/h4-8,10-13H,9H2,1-3H3,(H,32,37)(H,33,34)(H,35,36). The van der Waals surface area contributed by atoms with Crippen molar-refractivity contribution in [3.05, 3.63) is 59.6 Å². The van der Waals surface area contributed by atoms with E-state index in [-0.39, 0.29) is 22.4 Å². The van der Waals surface area contributed by atoms with Crippen molar-refractivity contribution in [2.45, 2.75) is 27.2 Å². The largest absolute Gasteiger partial charge is 0.336 e. The number of imidazole rings is 1. The number of halogens is 1.